The van der Waals surface area contributed by atoms with E-state index >= 15 is 0 Å². The van der Waals surface area contributed by atoms with Gasteiger partial charge in [-0.1, -0.05) is 11.6 Å². The molecule has 100 valence electrons. The summed E-state index contributed by atoms with van der Waals surface area (Å²) in [7, 11) is 0. The number of ether oxygens (including phenoxy) is 1. The first kappa shape index (κ1) is 12.3. The molecule has 2 nitrogen and oxygen atoms in total. The Hall–Kier alpha value is -1.75. The molecule has 2 aliphatic rings. The highest BCUT2D eigenvalue weighted by Gasteiger charge is 2.46. The van der Waals surface area contributed by atoms with Crippen LogP contribution >= 0.6 is 0 Å². The number of benzene rings is 1. The third-order valence-electron chi connectivity index (χ3n) is 3.51. The van der Waals surface area contributed by atoms with E-state index < -0.39 is 23.4 Å². The van der Waals surface area contributed by atoms with Crippen LogP contribution in [0.4, 0.5) is 13.2 Å². The maximum absolute atomic E-state index is 14.0. The number of hydrogen-bond acceptors (Lipinski definition) is 2. The quantitative estimate of drug-likeness (QED) is 0.784. The fraction of sp³-hybridized carbons (Fsp3) is 0.286. The van der Waals surface area contributed by atoms with Gasteiger partial charge in [-0.3, -0.25) is 0 Å². The van der Waals surface area contributed by atoms with E-state index in [0.717, 1.165) is 6.08 Å². The number of alkyl halides is 1. The molecule has 1 aliphatic carbocycles. The predicted molar refractivity (Wildman–Crippen MR) is 62.4 cm³/mol. The van der Waals surface area contributed by atoms with Gasteiger partial charge >= 0.3 is 0 Å². The number of allylic oxidation sites excluding steroid dienone is 2. The lowest BCUT2D eigenvalue weighted by Gasteiger charge is -2.30. The molecule has 0 aromatic heterocycles. The zero-order chi connectivity index (χ0) is 13.6. The Balaban J connectivity index is 2.04. The summed E-state index contributed by atoms with van der Waals surface area (Å²) in [4.78, 5) is 0. The third-order valence-corrected chi connectivity index (χ3v) is 3.51. The molecule has 0 bridgehead atoms. The molecule has 0 saturated heterocycles. The summed E-state index contributed by atoms with van der Waals surface area (Å²) in [6.07, 6.45) is 2.53. The minimum absolute atomic E-state index is 0.196. The molecule has 0 spiro atoms. The van der Waals surface area contributed by atoms with Crippen molar-refractivity contribution < 1.29 is 23.0 Å². The van der Waals surface area contributed by atoms with Gasteiger partial charge in [-0.2, -0.15) is 0 Å². The van der Waals surface area contributed by atoms with E-state index in [9.17, 15) is 18.3 Å². The van der Waals surface area contributed by atoms with Gasteiger partial charge in [0.2, 0.25) is 0 Å². The molecule has 0 fully saturated rings. The van der Waals surface area contributed by atoms with E-state index in [4.69, 9.17) is 4.74 Å². The summed E-state index contributed by atoms with van der Waals surface area (Å²) in [6.45, 7) is -0.196. The summed E-state index contributed by atoms with van der Waals surface area (Å²) in [5.74, 6) is -5.41. The van der Waals surface area contributed by atoms with E-state index in [1.54, 1.807) is 0 Å². The second-order valence-electron chi connectivity index (χ2n) is 4.72. The van der Waals surface area contributed by atoms with Crippen LogP contribution in [0.15, 0.2) is 41.8 Å². The zero-order valence-electron chi connectivity index (χ0n) is 9.87. The largest absolute Gasteiger partial charge is 0.492 e. The number of aliphatic hydroxyl groups is 1. The standard InChI is InChI=1S/C14H11F3O2/c15-10-2-3-12-9(6-10)5-8-1-4-13(16)14(17,18)11(8)7-19-12/h1-4,6,11,18H,5,7H2. The lowest BCUT2D eigenvalue weighted by molar-refractivity contribution is -0.116. The summed E-state index contributed by atoms with van der Waals surface area (Å²) in [5.41, 5.74) is 1.04. The molecule has 5 heteroatoms. The number of hydrogen-bond donors (Lipinski definition) is 1. The van der Waals surface area contributed by atoms with Gasteiger partial charge in [0.05, 0.1) is 5.92 Å². The van der Waals surface area contributed by atoms with Gasteiger partial charge in [0, 0.05) is 5.56 Å². The lowest BCUT2D eigenvalue weighted by atomic mass is 9.84. The third kappa shape index (κ3) is 1.94. The van der Waals surface area contributed by atoms with Crippen molar-refractivity contribution in [2.24, 2.45) is 5.92 Å². The van der Waals surface area contributed by atoms with Crippen LogP contribution in [0.3, 0.4) is 0 Å². The summed E-state index contributed by atoms with van der Waals surface area (Å²) in [6, 6.07) is 3.98. The molecule has 0 saturated carbocycles. The molecule has 1 aliphatic heterocycles. The number of halogens is 3. The Morgan fingerprint density at radius 1 is 1.26 bits per heavy atom. The van der Waals surface area contributed by atoms with Crippen LogP contribution in [0, 0.1) is 11.7 Å². The molecular formula is C14H11F3O2. The van der Waals surface area contributed by atoms with Crippen molar-refractivity contribution in [2.45, 2.75) is 12.3 Å². The zero-order valence-corrected chi connectivity index (χ0v) is 9.87. The van der Waals surface area contributed by atoms with Crippen LogP contribution in [0.2, 0.25) is 0 Å². The van der Waals surface area contributed by atoms with Gasteiger partial charge < -0.3 is 9.84 Å². The van der Waals surface area contributed by atoms with Crippen molar-refractivity contribution in [3.05, 3.63) is 53.1 Å². The number of rotatable bonds is 0. The Kier molecular flexibility index (Phi) is 2.67. The van der Waals surface area contributed by atoms with Crippen LogP contribution in [0.1, 0.15) is 5.56 Å². The molecule has 1 N–H and O–H groups in total. The first-order valence-electron chi connectivity index (χ1n) is 5.87. The molecular weight excluding hydrogens is 257 g/mol. The van der Waals surface area contributed by atoms with Gasteiger partial charge in [-0.05, 0) is 30.7 Å². The fourth-order valence-electron chi connectivity index (χ4n) is 2.44. The molecule has 1 aromatic carbocycles. The molecule has 2 unspecified atom stereocenters. The van der Waals surface area contributed by atoms with E-state index in [-0.39, 0.29) is 13.0 Å². The highest BCUT2D eigenvalue weighted by Crippen LogP contribution is 2.41. The lowest BCUT2D eigenvalue weighted by Crippen LogP contribution is -2.40. The first-order valence-corrected chi connectivity index (χ1v) is 5.87. The van der Waals surface area contributed by atoms with Crippen LogP contribution in [0.5, 0.6) is 5.75 Å². The summed E-state index contributed by atoms with van der Waals surface area (Å²) < 4.78 is 45.9. The number of fused-ring (bicyclic) bond motifs is 2. The van der Waals surface area contributed by atoms with Crippen molar-refractivity contribution in [1.29, 1.82) is 0 Å². The van der Waals surface area contributed by atoms with Crippen molar-refractivity contribution >= 4 is 0 Å². The minimum atomic E-state index is -3.06. The normalized spacial score (nSPS) is 29.4. The van der Waals surface area contributed by atoms with Gasteiger partial charge in [0.15, 0.2) is 5.83 Å². The average molecular weight is 268 g/mol. The van der Waals surface area contributed by atoms with Gasteiger partial charge in [0.1, 0.15) is 18.2 Å². The Morgan fingerprint density at radius 3 is 2.84 bits per heavy atom. The molecule has 1 aromatic rings. The van der Waals surface area contributed by atoms with Gasteiger partial charge in [-0.25, -0.2) is 13.2 Å². The van der Waals surface area contributed by atoms with Crippen LogP contribution in [-0.4, -0.2) is 17.6 Å². The Bertz CT molecular complexity index is 590. The minimum Gasteiger partial charge on any atom is -0.492 e. The molecule has 19 heavy (non-hydrogen) atoms. The molecule has 3 rings (SSSR count). The van der Waals surface area contributed by atoms with Crippen molar-refractivity contribution in [3.63, 3.8) is 0 Å². The maximum Gasteiger partial charge on any atom is 0.269 e. The van der Waals surface area contributed by atoms with Crippen molar-refractivity contribution in [3.8, 4) is 5.75 Å². The van der Waals surface area contributed by atoms with Crippen LogP contribution in [0.25, 0.3) is 0 Å². The smallest absolute Gasteiger partial charge is 0.269 e. The highest BCUT2D eigenvalue weighted by atomic mass is 19.2. The van der Waals surface area contributed by atoms with Crippen molar-refractivity contribution in [1.82, 2.24) is 0 Å². The molecule has 0 amide bonds. The molecule has 2 atom stereocenters. The topological polar surface area (TPSA) is 29.5 Å². The maximum atomic E-state index is 14.0. The van der Waals surface area contributed by atoms with E-state index in [2.05, 4.69) is 0 Å². The monoisotopic (exact) mass is 268 g/mol. The van der Waals surface area contributed by atoms with Crippen LogP contribution in [-0.2, 0) is 6.42 Å². The molecule has 1 heterocycles. The summed E-state index contributed by atoms with van der Waals surface area (Å²) in [5, 5.41) is 9.59. The van der Waals surface area contributed by atoms with Crippen LogP contribution < -0.4 is 4.74 Å². The second-order valence-corrected chi connectivity index (χ2v) is 4.72. The molecule has 0 radical (unpaired) electrons. The van der Waals surface area contributed by atoms with E-state index in [0.29, 0.717) is 16.9 Å². The highest BCUT2D eigenvalue weighted by molar-refractivity contribution is 5.42. The Labute approximate surface area is 107 Å². The second kappa shape index (κ2) is 4.13. The fourth-order valence-corrected chi connectivity index (χ4v) is 2.44. The first-order chi connectivity index (χ1) is 8.98. The van der Waals surface area contributed by atoms with Crippen molar-refractivity contribution in [2.75, 3.05) is 6.61 Å². The summed E-state index contributed by atoms with van der Waals surface area (Å²) >= 11 is 0. The van der Waals surface area contributed by atoms with Gasteiger partial charge in [0.25, 0.3) is 5.85 Å². The van der Waals surface area contributed by atoms with E-state index in [1.165, 1.54) is 24.3 Å². The van der Waals surface area contributed by atoms with E-state index in [1.807, 2.05) is 0 Å². The van der Waals surface area contributed by atoms with Gasteiger partial charge in [-0.15, -0.1) is 0 Å². The predicted octanol–water partition coefficient (Wildman–Crippen LogP) is 2.83. The SMILES string of the molecule is OC1(F)C(F)=CC=C2Cc3cc(F)ccc3OCC21. The Morgan fingerprint density at radius 2 is 2.05 bits per heavy atom. The average Bonchev–Trinajstić information content (AvgIpc) is 2.53.